The van der Waals surface area contributed by atoms with Gasteiger partial charge in [-0.3, -0.25) is 4.79 Å². The third kappa shape index (κ3) is 1.86. The van der Waals surface area contributed by atoms with Crippen molar-refractivity contribution < 1.29 is 4.79 Å². The average molecular weight is 227 g/mol. The van der Waals surface area contributed by atoms with Crippen molar-refractivity contribution in [3.63, 3.8) is 0 Å². The Balaban J connectivity index is 2.02. The molecule has 0 saturated carbocycles. The summed E-state index contributed by atoms with van der Waals surface area (Å²) >= 11 is 0. The van der Waals surface area contributed by atoms with Crippen molar-refractivity contribution in [3.8, 4) is 0 Å². The minimum atomic E-state index is 0.342. The maximum atomic E-state index is 11.2. The van der Waals surface area contributed by atoms with Crippen LogP contribution in [0.25, 0.3) is 10.8 Å². The zero-order valence-corrected chi connectivity index (χ0v) is 9.47. The fraction of sp³-hybridized carbons (Fsp3) is 0.308. The van der Waals surface area contributed by atoms with E-state index in [2.05, 4.69) is 21.2 Å². The van der Waals surface area contributed by atoms with Crippen molar-refractivity contribution in [2.45, 2.75) is 12.8 Å². The number of ketones is 1. The molecule has 0 spiro atoms. The minimum absolute atomic E-state index is 0.342. The summed E-state index contributed by atoms with van der Waals surface area (Å²) < 4.78 is 0. The third-order valence-electron chi connectivity index (χ3n) is 3.17. The maximum Gasteiger partial charge on any atom is 0.159 e. The predicted octanol–water partition coefficient (Wildman–Crippen LogP) is 1.80. The van der Waals surface area contributed by atoms with Crippen LogP contribution in [0.3, 0.4) is 0 Å². The number of nitrogens with zero attached hydrogens (tertiary/aromatic N) is 3. The highest BCUT2D eigenvalue weighted by molar-refractivity contribution is 5.92. The molecule has 0 unspecified atom stereocenters. The number of fused-ring (bicyclic) bond motifs is 1. The van der Waals surface area contributed by atoms with Crippen LogP contribution < -0.4 is 4.90 Å². The summed E-state index contributed by atoms with van der Waals surface area (Å²) in [4.78, 5) is 13.4. The Bertz CT molecular complexity index is 552. The minimum Gasteiger partial charge on any atom is -0.354 e. The first-order chi connectivity index (χ1) is 8.34. The summed E-state index contributed by atoms with van der Waals surface area (Å²) in [6.45, 7) is 1.50. The highest BCUT2D eigenvalue weighted by Gasteiger charge is 2.19. The first-order valence-corrected chi connectivity index (χ1v) is 5.82. The number of rotatable bonds is 1. The highest BCUT2D eigenvalue weighted by atomic mass is 16.1. The lowest BCUT2D eigenvalue weighted by molar-refractivity contribution is -0.119. The standard InChI is InChI=1S/C13H13N3O/c17-11-5-7-16(8-6-11)13-12-4-2-1-3-10(12)9-14-15-13/h1-4,9H,5-8H2. The van der Waals surface area contributed by atoms with Gasteiger partial charge in [0.25, 0.3) is 0 Å². The summed E-state index contributed by atoms with van der Waals surface area (Å²) in [6.07, 6.45) is 3.00. The van der Waals surface area contributed by atoms with E-state index in [9.17, 15) is 4.79 Å². The average Bonchev–Trinajstić information content (AvgIpc) is 2.39. The van der Waals surface area contributed by atoms with E-state index < -0.39 is 0 Å². The number of carbonyl (C=O) groups is 1. The van der Waals surface area contributed by atoms with E-state index >= 15 is 0 Å². The van der Waals surface area contributed by atoms with Gasteiger partial charge in [0, 0.05) is 36.7 Å². The molecule has 4 heteroatoms. The Labute approximate surface area is 99.3 Å². The highest BCUT2D eigenvalue weighted by Crippen LogP contribution is 2.24. The number of piperidine rings is 1. The first-order valence-electron chi connectivity index (χ1n) is 5.82. The third-order valence-corrected chi connectivity index (χ3v) is 3.17. The summed E-state index contributed by atoms with van der Waals surface area (Å²) in [6, 6.07) is 8.08. The Kier molecular flexibility index (Phi) is 2.48. The van der Waals surface area contributed by atoms with E-state index in [1.165, 1.54) is 0 Å². The van der Waals surface area contributed by atoms with Gasteiger partial charge in [0.1, 0.15) is 5.78 Å². The number of benzene rings is 1. The molecule has 0 N–H and O–H groups in total. The molecule has 17 heavy (non-hydrogen) atoms. The molecule has 0 atom stereocenters. The van der Waals surface area contributed by atoms with Gasteiger partial charge in [0.2, 0.25) is 0 Å². The summed E-state index contributed by atoms with van der Waals surface area (Å²) in [5, 5.41) is 10.5. The van der Waals surface area contributed by atoms with Crippen LogP contribution in [0.4, 0.5) is 5.82 Å². The number of hydrogen-bond donors (Lipinski definition) is 0. The molecule has 1 aromatic carbocycles. The van der Waals surface area contributed by atoms with Gasteiger partial charge in [-0.2, -0.15) is 5.10 Å². The Morgan fingerprint density at radius 2 is 1.88 bits per heavy atom. The Hall–Kier alpha value is -1.97. The molecule has 0 amide bonds. The van der Waals surface area contributed by atoms with E-state index in [4.69, 9.17) is 0 Å². The number of carbonyl (C=O) groups excluding carboxylic acids is 1. The van der Waals surface area contributed by atoms with Crippen molar-refractivity contribution in [3.05, 3.63) is 30.5 Å². The molecule has 86 valence electrons. The van der Waals surface area contributed by atoms with Crippen molar-refractivity contribution in [2.75, 3.05) is 18.0 Å². The van der Waals surface area contributed by atoms with Gasteiger partial charge >= 0.3 is 0 Å². The van der Waals surface area contributed by atoms with Crippen LogP contribution in [0.15, 0.2) is 30.5 Å². The van der Waals surface area contributed by atoms with Gasteiger partial charge in [-0.25, -0.2) is 0 Å². The summed E-state index contributed by atoms with van der Waals surface area (Å²) in [5.41, 5.74) is 0. The van der Waals surface area contributed by atoms with Gasteiger partial charge in [0.15, 0.2) is 5.82 Å². The second-order valence-corrected chi connectivity index (χ2v) is 4.28. The lowest BCUT2D eigenvalue weighted by Crippen LogP contribution is -2.34. The molecule has 2 aromatic rings. The smallest absolute Gasteiger partial charge is 0.159 e. The molecule has 3 rings (SSSR count). The molecule has 2 heterocycles. The zero-order chi connectivity index (χ0) is 11.7. The van der Waals surface area contributed by atoms with Crippen LogP contribution in [-0.4, -0.2) is 29.1 Å². The molecule has 1 saturated heterocycles. The Morgan fingerprint density at radius 1 is 1.12 bits per heavy atom. The van der Waals surface area contributed by atoms with Gasteiger partial charge in [-0.05, 0) is 0 Å². The lowest BCUT2D eigenvalue weighted by atomic mass is 10.1. The van der Waals surface area contributed by atoms with Crippen LogP contribution in [0.5, 0.6) is 0 Å². The van der Waals surface area contributed by atoms with E-state index in [0.717, 1.165) is 29.7 Å². The van der Waals surface area contributed by atoms with Crippen LogP contribution in [-0.2, 0) is 4.79 Å². The quantitative estimate of drug-likeness (QED) is 0.745. The lowest BCUT2D eigenvalue weighted by Gasteiger charge is -2.27. The monoisotopic (exact) mass is 227 g/mol. The van der Waals surface area contributed by atoms with Gasteiger partial charge in [-0.1, -0.05) is 24.3 Å². The normalized spacial score (nSPS) is 16.5. The molecule has 1 fully saturated rings. The Morgan fingerprint density at radius 3 is 2.71 bits per heavy atom. The maximum absolute atomic E-state index is 11.2. The van der Waals surface area contributed by atoms with Crippen molar-refractivity contribution in [1.29, 1.82) is 0 Å². The number of hydrogen-bond acceptors (Lipinski definition) is 4. The molecule has 1 aliphatic rings. The fourth-order valence-corrected chi connectivity index (χ4v) is 2.21. The molecule has 0 aliphatic carbocycles. The van der Waals surface area contributed by atoms with E-state index in [-0.39, 0.29) is 0 Å². The second kappa shape index (κ2) is 4.13. The van der Waals surface area contributed by atoms with Crippen LogP contribution in [0, 0.1) is 0 Å². The summed E-state index contributed by atoms with van der Waals surface area (Å²) in [7, 11) is 0. The summed E-state index contributed by atoms with van der Waals surface area (Å²) in [5.74, 6) is 1.24. The predicted molar refractivity (Wildman–Crippen MR) is 66.0 cm³/mol. The van der Waals surface area contributed by atoms with Gasteiger partial charge < -0.3 is 4.90 Å². The molecule has 0 bridgehead atoms. The molecular formula is C13H13N3O. The molecule has 1 aliphatic heterocycles. The van der Waals surface area contributed by atoms with Gasteiger partial charge in [0.05, 0.1) is 6.20 Å². The molecular weight excluding hydrogens is 214 g/mol. The number of aromatic nitrogens is 2. The second-order valence-electron chi connectivity index (χ2n) is 4.28. The largest absolute Gasteiger partial charge is 0.354 e. The SMILES string of the molecule is O=C1CCN(c2nncc3ccccc23)CC1. The van der Waals surface area contributed by atoms with Crippen molar-refractivity contribution in [2.24, 2.45) is 0 Å². The number of anilines is 1. The van der Waals surface area contributed by atoms with E-state index in [1.54, 1.807) is 6.20 Å². The molecule has 1 aromatic heterocycles. The first kappa shape index (κ1) is 10.2. The van der Waals surface area contributed by atoms with Gasteiger partial charge in [-0.15, -0.1) is 5.10 Å². The molecule has 0 radical (unpaired) electrons. The van der Waals surface area contributed by atoms with Crippen LogP contribution >= 0.6 is 0 Å². The van der Waals surface area contributed by atoms with Crippen molar-refractivity contribution in [1.82, 2.24) is 10.2 Å². The van der Waals surface area contributed by atoms with Crippen LogP contribution in [0.1, 0.15) is 12.8 Å². The number of Topliss-reactive ketones (excluding diaryl/α,β-unsaturated/α-hetero) is 1. The van der Waals surface area contributed by atoms with Crippen molar-refractivity contribution >= 4 is 22.4 Å². The fourth-order valence-electron chi connectivity index (χ4n) is 2.21. The topological polar surface area (TPSA) is 46.1 Å². The van der Waals surface area contributed by atoms with E-state index in [0.29, 0.717) is 18.6 Å². The zero-order valence-electron chi connectivity index (χ0n) is 9.47. The van der Waals surface area contributed by atoms with Crippen LogP contribution in [0.2, 0.25) is 0 Å². The molecule has 4 nitrogen and oxygen atoms in total. The van der Waals surface area contributed by atoms with E-state index in [1.807, 2.05) is 18.2 Å².